The second-order valence-electron chi connectivity index (χ2n) is 8.11. The lowest BCUT2D eigenvalue weighted by Crippen LogP contribution is -2.51. The highest BCUT2D eigenvalue weighted by molar-refractivity contribution is 5.96. The summed E-state index contributed by atoms with van der Waals surface area (Å²) in [6.07, 6.45) is 3.71. The Balaban J connectivity index is 1.68. The van der Waals surface area contributed by atoms with Gasteiger partial charge in [0, 0.05) is 50.9 Å². The molecule has 1 N–H and O–H groups in total. The fraction of sp³-hybridized carbons (Fsp3) is 0.636. The van der Waals surface area contributed by atoms with E-state index in [-0.39, 0.29) is 18.4 Å². The molecule has 0 saturated carbocycles. The molecule has 1 aromatic carbocycles. The van der Waals surface area contributed by atoms with Crippen LogP contribution in [0.5, 0.6) is 0 Å². The Morgan fingerprint density at radius 1 is 1.18 bits per heavy atom. The molecule has 2 amide bonds. The topological polar surface area (TPSA) is 55.9 Å². The lowest BCUT2D eigenvalue weighted by molar-refractivity contribution is -0.132. The molecule has 2 heterocycles. The van der Waals surface area contributed by atoms with Gasteiger partial charge in [0.25, 0.3) is 5.91 Å². The van der Waals surface area contributed by atoms with Crippen LogP contribution in [0, 0.1) is 6.92 Å². The first-order valence-corrected chi connectivity index (χ1v) is 10.6. The molecule has 0 spiro atoms. The smallest absolute Gasteiger partial charge is 0.254 e. The number of hydrogen-bond donors (Lipinski definition) is 1. The zero-order chi connectivity index (χ0) is 19.9. The summed E-state index contributed by atoms with van der Waals surface area (Å²) in [5.74, 6) is 0.00560. The highest BCUT2D eigenvalue weighted by atomic mass is 16.2. The number of hydrogen-bond acceptors (Lipinski definition) is 4. The third-order valence-electron chi connectivity index (χ3n) is 5.95. The Morgan fingerprint density at radius 2 is 1.96 bits per heavy atom. The summed E-state index contributed by atoms with van der Waals surface area (Å²) in [5.41, 5.74) is 1.73. The largest absolute Gasteiger partial charge is 0.339 e. The van der Waals surface area contributed by atoms with E-state index in [4.69, 9.17) is 0 Å². The van der Waals surface area contributed by atoms with Gasteiger partial charge in [0.15, 0.2) is 0 Å². The second kappa shape index (κ2) is 10.0. The van der Waals surface area contributed by atoms with Crippen molar-refractivity contribution < 1.29 is 9.59 Å². The molecule has 6 nitrogen and oxygen atoms in total. The Kier molecular flexibility index (Phi) is 7.45. The van der Waals surface area contributed by atoms with Gasteiger partial charge in [0.2, 0.25) is 5.91 Å². The molecule has 28 heavy (non-hydrogen) atoms. The van der Waals surface area contributed by atoms with E-state index in [9.17, 15) is 9.59 Å². The maximum absolute atomic E-state index is 13.2. The third-order valence-corrected chi connectivity index (χ3v) is 5.95. The van der Waals surface area contributed by atoms with Crippen LogP contribution in [0.25, 0.3) is 0 Å². The SMILES string of the molecule is Cc1cccc(C(=O)N(CCN2CCCCC2C)CC(=O)N2CCNCC2)c1. The highest BCUT2D eigenvalue weighted by Gasteiger charge is 2.25. The van der Waals surface area contributed by atoms with Gasteiger partial charge in [-0.15, -0.1) is 0 Å². The molecule has 0 aliphatic carbocycles. The predicted octanol–water partition coefficient (Wildman–Crippen LogP) is 1.74. The summed E-state index contributed by atoms with van der Waals surface area (Å²) in [7, 11) is 0. The normalized spacial score (nSPS) is 20.8. The van der Waals surface area contributed by atoms with Crippen molar-refractivity contribution in [2.45, 2.75) is 39.2 Å². The van der Waals surface area contributed by atoms with Gasteiger partial charge in [0.05, 0.1) is 0 Å². The van der Waals surface area contributed by atoms with E-state index in [1.165, 1.54) is 19.3 Å². The van der Waals surface area contributed by atoms with E-state index in [0.29, 0.717) is 31.2 Å². The van der Waals surface area contributed by atoms with Crippen LogP contribution in [0.3, 0.4) is 0 Å². The molecular formula is C22H34N4O2. The zero-order valence-corrected chi connectivity index (χ0v) is 17.3. The van der Waals surface area contributed by atoms with Crippen molar-refractivity contribution in [3.63, 3.8) is 0 Å². The van der Waals surface area contributed by atoms with Gasteiger partial charge >= 0.3 is 0 Å². The number of piperazine rings is 1. The van der Waals surface area contributed by atoms with Crippen molar-refractivity contribution in [1.29, 1.82) is 0 Å². The van der Waals surface area contributed by atoms with Gasteiger partial charge in [-0.25, -0.2) is 0 Å². The van der Waals surface area contributed by atoms with Gasteiger partial charge < -0.3 is 15.1 Å². The summed E-state index contributed by atoms with van der Waals surface area (Å²) in [6, 6.07) is 8.21. The van der Waals surface area contributed by atoms with E-state index in [1.54, 1.807) is 4.90 Å². The van der Waals surface area contributed by atoms with Crippen LogP contribution in [-0.2, 0) is 4.79 Å². The number of piperidine rings is 1. The summed E-state index contributed by atoms with van der Waals surface area (Å²) >= 11 is 0. The van der Waals surface area contributed by atoms with Gasteiger partial charge in [-0.2, -0.15) is 0 Å². The van der Waals surface area contributed by atoms with E-state index < -0.39 is 0 Å². The first kappa shape index (κ1) is 20.8. The molecule has 0 aromatic heterocycles. The lowest BCUT2D eigenvalue weighted by Gasteiger charge is -2.35. The molecule has 6 heteroatoms. The standard InChI is InChI=1S/C22H34N4O2/c1-18-6-5-8-20(16-18)22(28)26(15-14-24-11-4-3-7-19(24)2)17-21(27)25-12-9-23-10-13-25/h5-6,8,16,19,23H,3-4,7,9-15,17H2,1-2H3. The first-order valence-electron chi connectivity index (χ1n) is 10.6. The Morgan fingerprint density at radius 3 is 2.68 bits per heavy atom. The molecular weight excluding hydrogens is 352 g/mol. The Bertz CT molecular complexity index is 672. The summed E-state index contributed by atoms with van der Waals surface area (Å²) in [5, 5.41) is 3.27. The maximum Gasteiger partial charge on any atom is 0.254 e. The van der Waals surface area contributed by atoms with Crippen molar-refractivity contribution in [2.24, 2.45) is 0 Å². The van der Waals surface area contributed by atoms with Crippen molar-refractivity contribution in [2.75, 3.05) is 52.4 Å². The number of likely N-dealkylation sites (tertiary alicyclic amines) is 1. The molecule has 1 unspecified atom stereocenters. The molecule has 0 bridgehead atoms. The number of nitrogens with one attached hydrogen (secondary N) is 1. The van der Waals surface area contributed by atoms with Crippen LogP contribution in [0.1, 0.15) is 42.1 Å². The molecule has 2 fully saturated rings. The van der Waals surface area contributed by atoms with E-state index in [0.717, 1.165) is 31.7 Å². The van der Waals surface area contributed by atoms with Crippen LogP contribution in [0.4, 0.5) is 0 Å². The van der Waals surface area contributed by atoms with Crippen molar-refractivity contribution in [1.82, 2.24) is 20.0 Å². The van der Waals surface area contributed by atoms with E-state index >= 15 is 0 Å². The third kappa shape index (κ3) is 5.55. The van der Waals surface area contributed by atoms with Gasteiger partial charge in [-0.05, 0) is 45.4 Å². The van der Waals surface area contributed by atoms with Crippen LogP contribution in [0.2, 0.25) is 0 Å². The lowest BCUT2D eigenvalue weighted by atomic mass is 10.0. The average Bonchev–Trinajstić information content (AvgIpc) is 2.72. The monoisotopic (exact) mass is 386 g/mol. The number of amides is 2. The minimum absolute atomic E-state index is 0.0446. The Hall–Kier alpha value is -1.92. The molecule has 2 aliphatic heterocycles. The minimum atomic E-state index is -0.0446. The quantitative estimate of drug-likeness (QED) is 0.809. The van der Waals surface area contributed by atoms with Gasteiger partial charge in [-0.3, -0.25) is 14.5 Å². The predicted molar refractivity (Wildman–Crippen MR) is 111 cm³/mol. The molecule has 1 atom stereocenters. The summed E-state index contributed by atoms with van der Waals surface area (Å²) in [6.45, 7) is 9.99. The molecule has 1 aromatic rings. The number of aryl methyl sites for hydroxylation is 1. The molecule has 2 aliphatic rings. The van der Waals surface area contributed by atoms with Crippen LogP contribution >= 0.6 is 0 Å². The first-order chi connectivity index (χ1) is 13.5. The van der Waals surface area contributed by atoms with Crippen molar-refractivity contribution in [3.05, 3.63) is 35.4 Å². The average molecular weight is 387 g/mol. The fourth-order valence-corrected chi connectivity index (χ4v) is 4.13. The molecule has 2 saturated heterocycles. The van der Waals surface area contributed by atoms with E-state index in [2.05, 4.69) is 17.1 Å². The highest BCUT2D eigenvalue weighted by Crippen LogP contribution is 2.16. The van der Waals surface area contributed by atoms with E-state index in [1.807, 2.05) is 36.1 Å². The van der Waals surface area contributed by atoms with Crippen molar-refractivity contribution in [3.8, 4) is 0 Å². The molecule has 154 valence electrons. The van der Waals surface area contributed by atoms with Gasteiger partial charge in [0.1, 0.15) is 6.54 Å². The summed E-state index contributed by atoms with van der Waals surface area (Å²) < 4.78 is 0. The number of benzene rings is 1. The number of carbonyl (C=O) groups is 2. The number of rotatable bonds is 6. The Labute approximate surface area is 168 Å². The molecule has 0 radical (unpaired) electrons. The molecule has 3 rings (SSSR count). The van der Waals surface area contributed by atoms with Crippen LogP contribution in [0.15, 0.2) is 24.3 Å². The van der Waals surface area contributed by atoms with Crippen molar-refractivity contribution >= 4 is 11.8 Å². The summed E-state index contributed by atoms with van der Waals surface area (Å²) in [4.78, 5) is 32.1. The second-order valence-corrected chi connectivity index (χ2v) is 8.11. The van der Waals surface area contributed by atoms with Crippen LogP contribution < -0.4 is 5.32 Å². The van der Waals surface area contributed by atoms with Gasteiger partial charge in [-0.1, -0.05) is 24.1 Å². The van der Waals surface area contributed by atoms with Crippen LogP contribution in [-0.4, -0.2) is 84.9 Å². The number of nitrogens with zero attached hydrogens (tertiary/aromatic N) is 3. The number of carbonyl (C=O) groups excluding carboxylic acids is 2. The zero-order valence-electron chi connectivity index (χ0n) is 17.3. The fourth-order valence-electron chi connectivity index (χ4n) is 4.13. The maximum atomic E-state index is 13.2. The minimum Gasteiger partial charge on any atom is -0.339 e.